The standard InChI is InChI=1S/C20H22ClN5O3.HI/c1-22-20(24-15-8-9-16(27-2)17(12-15)28-3)23-11-10-18-25-19(26-29-18)13-4-6-14(21)7-5-13;/h4-9,12H,10-11H2,1-3H3,(H2,22,23,24);1H. The normalized spacial score (nSPS) is 10.9. The van der Waals surface area contributed by atoms with Crippen molar-refractivity contribution in [2.45, 2.75) is 6.42 Å². The highest BCUT2D eigenvalue weighted by molar-refractivity contribution is 14.0. The summed E-state index contributed by atoms with van der Waals surface area (Å²) in [5.74, 6) is 2.96. The number of aromatic nitrogens is 2. The lowest BCUT2D eigenvalue weighted by atomic mass is 10.2. The number of nitrogens with one attached hydrogen (secondary N) is 2. The highest BCUT2D eigenvalue weighted by Crippen LogP contribution is 2.29. The van der Waals surface area contributed by atoms with Gasteiger partial charge < -0.3 is 24.6 Å². The monoisotopic (exact) mass is 543 g/mol. The maximum absolute atomic E-state index is 5.90. The first kappa shape index (κ1) is 23.7. The Balaban J connectivity index is 0.00000320. The number of guanidine groups is 1. The molecule has 2 N–H and O–H groups in total. The average Bonchev–Trinajstić information content (AvgIpc) is 3.22. The van der Waals surface area contributed by atoms with Crippen LogP contribution in [0.25, 0.3) is 11.4 Å². The number of nitrogens with zero attached hydrogens (tertiary/aromatic N) is 3. The molecule has 0 radical (unpaired) electrons. The number of anilines is 1. The largest absolute Gasteiger partial charge is 0.493 e. The molecular weight excluding hydrogens is 521 g/mol. The number of benzene rings is 2. The van der Waals surface area contributed by atoms with Gasteiger partial charge in [-0.3, -0.25) is 4.99 Å². The van der Waals surface area contributed by atoms with Crippen LogP contribution in [0.4, 0.5) is 5.69 Å². The lowest BCUT2D eigenvalue weighted by Gasteiger charge is -2.13. The first-order chi connectivity index (χ1) is 14.1. The van der Waals surface area contributed by atoms with Crippen LogP contribution in [0.5, 0.6) is 11.5 Å². The number of aliphatic imine (C=N–C) groups is 1. The zero-order valence-corrected chi connectivity index (χ0v) is 19.9. The molecule has 0 bridgehead atoms. The molecule has 0 aliphatic carbocycles. The van der Waals surface area contributed by atoms with Crippen LogP contribution in [0.2, 0.25) is 5.02 Å². The highest BCUT2D eigenvalue weighted by atomic mass is 127. The lowest BCUT2D eigenvalue weighted by Crippen LogP contribution is -2.32. The second-order valence-electron chi connectivity index (χ2n) is 5.96. The van der Waals surface area contributed by atoms with Crippen molar-refractivity contribution in [2.75, 3.05) is 33.1 Å². The van der Waals surface area contributed by atoms with Crippen molar-refractivity contribution in [2.24, 2.45) is 4.99 Å². The van der Waals surface area contributed by atoms with Gasteiger partial charge in [0.2, 0.25) is 11.7 Å². The minimum absolute atomic E-state index is 0. The third-order valence-corrected chi connectivity index (χ3v) is 4.32. The fraction of sp³-hybridized carbons (Fsp3) is 0.250. The molecule has 0 aliphatic rings. The summed E-state index contributed by atoms with van der Waals surface area (Å²) in [6.07, 6.45) is 0.549. The van der Waals surface area contributed by atoms with E-state index in [1.165, 1.54) is 0 Å². The van der Waals surface area contributed by atoms with Gasteiger partial charge in [0.05, 0.1) is 14.2 Å². The Morgan fingerprint density at radius 1 is 1.10 bits per heavy atom. The van der Waals surface area contributed by atoms with E-state index in [0.717, 1.165) is 11.3 Å². The van der Waals surface area contributed by atoms with Crippen molar-refractivity contribution in [3.8, 4) is 22.9 Å². The van der Waals surface area contributed by atoms with Gasteiger partial charge in [0.25, 0.3) is 0 Å². The van der Waals surface area contributed by atoms with Crippen molar-refractivity contribution in [3.05, 3.63) is 53.4 Å². The first-order valence-electron chi connectivity index (χ1n) is 8.91. The number of hydrogen-bond donors (Lipinski definition) is 2. The second-order valence-corrected chi connectivity index (χ2v) is 6.40. The van der Waals surface area contributed by atoms with Gasteiger partial charge in [0.15, 0.2) is 17.5 Å². The van der Waals surface area contributed by atoms with Gasteiger partial charge in [0, 0.05) is 42.4 Å². The van der Waals surface area contributed by atoms with Crippen LogP contribution in [0, 0.1) is 0 Å². The van der Waals surface area contributed by atoms with Gasteiger partial charge in [-0.2, -0.15) is 4.98 Å². The molecular formula is C20H23ClIN5O3. The molecule has 0 spiro atoms. The predicted octanol–water partition coefficient (Wildman–Crippen LogP) is 4.26. The summed E-state index contributed by atoms with van der Waals surface area (Å²) >= 11 is 5.90. The number of methoxy groups -OCH3 is 2. The van der Waals surface area contributed by atoms with Crippen LogP contribution in [0.3, 0.4) is 0 Å². The Morgan fingerprint density at radius 2 is 1.83 bits per heavy atom. The van der Waals surface area contributed by atoms with Crippen LogP contribution >= 0.6 is 35.6 Å². The number of halogens is 2. The van der Waals surface area contributed by atoms with Gasteiger partial charge in [-0.1, -0.05) is 16.8 Å². The molecule has 0 amide bonds. The molecule has 30 heavy (non-hydrogen) atoms. The smallest absolute Gasteiger partial charge is 0.228 e. The van der Waals surface area contributed by atoms with E-state index >= 15 is 0 Å². The summed E-state index contributed by atoms with van der Waals surface area (Å²) in [5, 5.41) is 11.1. The van der Waals surface area contributed by atoms with Gasteiger partial charge in [-0.05, 0) is 36.4 Å². The van der Waals surface area contributed by atoms with Crippen LogP contribution < -0.4 is 20.1 Å². The maximum Gasteiger partial charge on any atom is 0.228 e. The molecule has 3 rings (SSSR count). The number of hydrogen-bond acceptors (Lipinski definition) is 6. The highest BCUT2D eigenvalue weighted by Gasteiger charge is 2.10. The van der Waals surface area contributed by atoms with Crippen molar-refractivity contribution in [3.63, 3.8) is 0 Å². The molecule has 10 heteroatoms. The van der Waals surface area contributed by atoms with E-state index in [4.69, 9.17) is 25.6 Å². The van der Waals surface area contributed by atoms with Gasteiger partial charge in [0.1, 0.15) is 0 Å². The number of rotatable bonds is 7. The SMILES string of the molecule is CN=C(NCCc1nc(-c2ccc(Cl)cc2)no1)Nc1ccc(OC)c(OC)c1.I. The minimum Gasteiger partial charge on any atom is -0.493 e. The van der Waals surface area contributed by atoms with Gasteiger partial charge >= 0.3 is 0 Å². The maximum atomic E-state index is 5.90. The van der Waals surface area contributed by atoms with Crippen LogP contribution in [-0.2, 0) is 6.42 Å². The Kier molecular flexibility index (Phi) is 9.18. The van der Waals surface area contributed by atoms with E-state index in [2.05, 4.69) is 25.8 Å². The molecule has 2 aromatic carbocycles. The van der Waals surface area contributed by atoms with Crippen LogP contribution in [-0.4, -0.2) is 43.9 Å². The summed E-state index contributed by atoms with van der Waals surface area (Å²) in [6, 6.07) is 12.8. The summed E-state index contributed by atoms with van der Waals surface area (Å²) in [6.45, 7) is 0.565. The molecule has 160 valence electrons. The minimum atomic E-state index is 0. The molecule has 1 aromatic heterocycles. The first-order valence-corrected chi connectivity index (χ1v) is 9.29. The van der Waals surface area contributed by atoms with Crippen molar-refractivity contribution < 1.29 is 14.0 Å². The van der Waals surface area contributed by atoms with E-state index in [1.54, 1.807) is 33.4 Å². The van der Waals surface area contributed by atoms with Crippen LogP contribution in [0.1, 0.15) is 5.89 Å². The van der Waals surface area contributed by atoms with Crippen molar-refractivity contribution >= 4 is 47.2 Å². The molecule has 0 atom stereocenters. The zero-order valence-electron chi connectivity index (χ0n) is 16.8. The molecule has 8 nitrogen and oxygen atoms in total. The van der Waals surface area contributed by atoms with Crippen LogP contribution in [0.15, 0.2) is 52.0 Å². The summed E-state index contributed by atoms with van der Waals surface area (Å²) in [5.41, 5.74) is 1.67. The second kappa shape index (κ2) is 11.6. The molecule has 3 aromatic rings. The quantitative estimate of drug-likeness (QED) is 0.261. The molecule has 0 aliphatic heterocycles. The number of ether oxygens (including phenoxy) is 2. The Hall–Kier alpha value is -2.53. The Labute approximate surface area is 197 Å². The van der Waals surface area contributed by atoms with Crippen molar-refractivity contribution in [1.82, 2.24) is 15.5 Å². The lowest BCUT2D eigenvalue weighted by molar-refractivity contribution is 0.355. The van der Waals surface area contributed by atoms with Gasteiger partial charge in [-0.15, -0.1) is 24.0 Å². The third kappa shape index (κ3) is 6.23. The third-order valence-electron chi connectivity index (χ3n) is 4.07. The molecule has 0 fully saturated rings. The topological polar surface area (TPSA) is 93.8 Å². The van der Waals surface area contributed by atoms with E-state index in [-0.39, 0.29) is 24.0 Å². The summed E-state index contributed by atoms with van der Waals surface area (Å²) in [7, 11) is 4.89. The van der Waals surface area contributed by atoms with Crippen molar-refractivity contribution in [1.29, 1.82) is 0 Å². The van der Waals surface area contributed by atoms with E-state index < -0.39 is 0 Å². The van der Waals surface area contributed by atoms with E-state index in [9.17, 15) is 0 Å². The fourth-order valence-electron chi connectivity index (χ4n) is 2.59. The molecule has 0 unspecified atom stereocenters. The fourth-order valence-corrected chi connectivity index (χ4v) is 2.72. The zero-order chi connectivity index (χ0) is 20.6. The predicted molar refractivity (Wildman–Crippen MR) is 128 cm³/mol. The summed E-state index contributed by atoms with van der Waals surface area (Å²) < 4.78 is 15.9. The summed E-state index contributed by atoms with van der Waals surface area (Å²) in [4.78, 5) is 8.62. The molecule has 0 saturated carbocycles. The Morgan fingerprint density at radius 3 is 2.50 bits per heavy atom. The van der Waals surface area contributed by atoms with E-state index in [0.29, 0.717) is 47.2 Å². The van der Waals surface area contributed by atoms with E-state index in [1.807, 2.05) is 30.3 Å². The average molecular weight is 544 g/mol. The molecule has 1 heterocycles. The Bertz CT molecular complexity index is 979. The van der Waals surface area contributed by atoms with Gasteiger partial charge in [-0.25, -0.2) is 0 Å². The molecule has 0 saturated heterocycles.